The van der Waals surface area contributed by atoms with Gasteiger partial charge < -0.3 is 15.7 Å². The molecule has 1 unspecified atom stereocenters. The molecular formula is C14H19FN2O3. The smallest absolute Gasteiger partial charge is 0.319 e. The molecule has 20 heavy (non-hydrogen) atoms. The predicted molar refractivity (Wildman–Crippen MR) is 74.2 cm³/mol. The molecule has 0 radical (unpaired) electrons. The SMILES string of the molecule is CCC(CNC(=O)Nc1ccc(F)cc1C)CC(=O)O. The Hall–Kier alpha value is -2.11. The van der Waals surface area contributed by atoms with Crippen LogP contribution in [-0.4, -0.2) is 23.7 Å². The second-order valence-corrected chi connectivity index (χ2v) is 4.67. The summed E-state index contributed by atoms with van der Waals surface area (Å²) in [4.78, 5) is 22.3. The minimum absolute atomic E-state index is 0.0202. The maximum Gasteiger partial charge on any atom is 0.319 e. The fourth-order valence-electron chi connectivity index (χ4n) is 1.78. The van der Waals surface area contributed by atoms with E-state index in [4.69, 9.17) is 5.11 Å². The van der Waals surface area contributed by atoms with E-state index in [1.807, 2.05) is 6.92 Å². The summed E-state index contributed by atoms with van der Waals surface area (Å²) in [6.07, 6.45) is 0.689. The summed E-state index contributed by atoms with van der Waals surface area (Å²) in [7, 11) is 0. The van der Waals surface area contributed by atoms with E-state index in [-0.39, 0.29) is 24.7 Å². The average molecular weight is 282 g/mol. The quantitative estimate of drug-likeness (QED) is 0.750. The molecule has 0 aliphatic carbocycles. The molecule has 1 atom stereocenters. The summed E-state index contributed by atoms with van der Waals surface area (Å²) in [5, 5.41) is 13.9. The number of nitrogens with one attached hydrogen (secondary N) is 2. The monoisotopic (exact) mass is 282 g/mol. The zero-order valence-electron chi connectivity index (χ0n) is 11.6. The van der Waals surface area contributed by atoms with Gasteiger partial charge in [0.05, 0.1) is 0 Å². The van der Waals surface area contributed by atoms with Crippen molar-refractivity contribution in [1.29, 1.82) is 0 Å². The van der Waals surface area contributed by atoms with Crippen LogP contribution in [0.3, 0.4) is 0 Å². The first-order valence-electron chi connectivity index (χ1n) is 6.45. The molecule has 0 aromatic heterocycles. The number of carbonyl (C=O) groups is 2. The Morgan fingerprint density at radius 3 is 2.65 bits per heavy atom. The van der Waals surface area contributed by atoms with Gasteiger partial charge >= 0.3 is 12.0 Å². The minimum Gasteiger partial charge on any atom is -0.481 e. The lowest BCUT2D eigenvalue weighted by atomic mass is 10.0. The highest BCUT2D eigenvalue weighted by atomic mass is 19.1. The maximum absolute atomic E-state index is 12.9. The van der Waals surface area contributed by atoms with Crippen molar-refractivity contribution in [3.05, 3.63) is 29.6 Å². The molecule has 0 spiro atoms. The van der Waals surface area contributed by atoms with Crippen molar-refractivity contribution in [2.75, 3.05) is 11.9 Å². The van der Waals surface area contributed by atoms with Gasteiger partial charge in [-0.25, -0.2) is 9.18 Å². The minimum atomic E-state index is -0.881. The molecule has 0 aliphatic rings. The molecule has 110 valence electrons. The van der Waals surface area contributed by atoms with E-state index in [0.717, 1.165) is 0 Å². The van der Waals surface area contributed by atoms with Crippen molar-refractivity contribution >= 4 is 17.7 Å². The van der Waals surface area contributed by atoms with Gasteiger partial charge in [0, 0.05) is 18.7 Å². The molecule has 1 rings (SSSR count). The van der Waals surface area contributed by atoms with E-state index in [9.17, 15) is 14.0 Å². The van der Waals surface area contributed by atoms with Crippen molar-refractivity contribution in [3.8, 4) is 0 Å². The zero-order valence-corrected chi connectivity index (χ0v) is 11.6. The fourth-order valence-corrected chi connectivity index (χ4v) is 1.78. The van der Waals surface area contributed by atoms with Crippen LogP contribution in [-0.2, 0) is 4.79 Å². The topological polar surface area (TPSA) is 78.4 Å². The Morgan fingerprint density at radius 1 is 1.40 bits per heavy atom. The van der Waals surface area contributed by atoms with Crippen molar-refractivity contribution in [2.24, 2.45) is 5.92 Å². The van der Waals surface area contributed by atoms with Crippen LogP contribution in [0.2, 0.25) is 0 Å². The molecule has 2 amide bonds. The molecule has 0 bridgehead atoms. The van der Waals surface area contributed by atoms with Gasteiger partial charge in [0.1, 0.15) is 5.82 Å². The van der Waals surface area contributed by atoms with Crippen LogP contribution < -0.4 is 10.6 Å². The van der Waals surface area contributed by atoms with Gasteiger partial charge in [-0.3, -0.25) is 4.79 Å². The number of carboxylic acid groups (broad SMARTS) is 1. The Morgan fingerprint density at radius 2 is 2.10 bits per heavy atom. The number of aryl methyl sites for hydroxylation is 1. The molecule has 1 aromatic carbocycles. The summed E-state index contributed by atoms with van der Waals surface area (Å²) >= 11 is 0. The number of hydrogen-bond acceptors (Lipinski definition) is 2. The van der Waals surface area contributed by atoms with Gasteiger partial charge in [-0.1, -0.05) is 13.3 Å². The summed E-state index contributed by atoms with van der Waals surface area (Å²) in [6.45, 7) is 3.85. The average Bonchev–Trinajstić information content (AvgIpc) is 2.37. The molecule has 0 fully saturated rings. The lowest BCUT2D eigenvalue weighted by Gasteiger charge is -2.14. The maximum atomic E-state index is 12.9. The van der Waals surface area contributed by atoms with Crippen LogP contribution >= 0.6 is 0 Å². The number of urea groups is 1. The lowest BCUT2D eigenvalue weighted by molar-refractivity contribution is -0.138. The molecule has 3 N–H and O–H groups in total. The van der Waals surface area contributed by atoms with Crippen molar-refractivity contribution in [1.82, 2.24) is 5.32 Å². The first kappa shape index (κ1) is 15.9. The standard InChI is InChI=1S/C14H19FN2O3/c1-3-10(7-13(18)19)8-16-14(20)17-12-5-4-11(15)6-9(12)2/h4-6,10H,3,7-8H2,1-2H3,(H,18,19)(H2,16,17,20). The van der Waals surface area contributed by atoms with Crippen LogP contribution in [0.15, 0.2) is 18.2 Å². The second-order valence-electron chi connectivity index (χ2n) is 4.67. The van der Waals surface area contributed by atoms with Crippen molar-refractivity contribution < 1.29 is 19.1 Å². The summed E-state index contributed by atoms with van der Waals surface area (Å²) < 4.78 is 12.9. The highest BCUT2D eigenvalue weighted by Crippen LogP contribution is 2.15. The number of hydrogen-bond donors (Lipinski definition) is 3. The molecule has 1 aromatic rings. The van der Waals surface area contributed by atoms with Crippen LogP contribution in [0.4, 0.5) is 14.9 Å². The number of rotatable bonds is 6. The fraction of sp³-hybridized carbons (Fsp3) is 0.429. The second kappa shape index (κ2) is 7.47. The largest absolute Gasteiger partial charge is 0.481 e. The Kier molecular flexibility index (Phi) is 5.96. The van der Waals surface area contributed by atoms with Crippen LogP contribution in [0, 0.1) is 18.7 Å². The number of amides is 2. The van der Waals surface area contributed by atoms with Gasteiger partial charge in [-0.15, -0.1) is 0 Å². The van der Waals surface area contributed by atoms with E-state index in [0.29, 0.717) is 17.7 Å². The summed E-state index contributed by atoms with van der Waals surface area (Å²) in [5.74, 6) is -1.35. The molecule has 0 saturated carbocycles. The first-order valence-corrected chi connectivity index (χ1v) is 6.45. The number of carboxylic acids is 1. The molecule has 0 saturated heterocycles. The first-order chi connectivity index (χ1) is 9.42. The van der Waals surface area contributed by atoms with E-state index in [2.05, 4.69) is 10.6 Å². The van der Waals surface area contributed by atoms with Gasteiger partial charge in [-0.05, 0) is 36.6 Å². The predicted octanol–water partition coefficient (Wildman–Crippen LogP) is 2.76. The van der Waals surface area contributed by atoms with E-state index < -0.39 is 12.0 Å². The van der Waals surface area contributed by atoms with Gasteiger partial charge in [0.25, 0.3) is 0 Å². The number of benzene rings is 1. The third kappa shape index (κ3) is 5.26. The third-order valence-corrected chi connectivity index (χ3v) is 3.03. The third-order valence-electron chi connectivity index (χ3n) is 3.03. The number of anilines is 1. The zero-order chi connectivity index (χ0) is 15.1. The summed E-state index contributed by atoms with van der Waals surface area (Å²) in [5.41, 5.74) is 1.15. The highest BCUT2D eigenvalue weighted by Gasteiger charge is 2.13. The van der Waals surface area contributed by atoms with Crippen molar-refractivity contribution in [2.45, 2.75) is 26.7 Å². The van der Waals surface area contributed by atoms with E-state index in [1.54, 1.807) is 6.92 Å². The molecule has 0 heterocycles. The highest BCUT2D eigenvalue weighted by molar-refractivity contribution is 5.90. The Balaban J connectivity index is 2.49. The normalized spacial score (nSPS) is 11.8. The Labute approximate surface area is 117 Å². The molecule has 0 aliphatic heterocycles. The number of aliphatic carboxylic acids is 1. The van der Waals surface area contributed by atoms with E-state index in [1.165, 1.54) is 18.2 Å². The molecule has 5 nitrogen and oxygen atoms in total. The summed E-state index contributed by atoms with van der Waals surface area (Å²) in [6, 6.07) is 3.65. The lowest BCUT2D eigenvalue weighted by Crippen LogP contribution is -2.33. The van der Waals surface area contributed by atoms with E-state index >= 15 is 0 Å². The van der Waals surface area contributed by atoms with Crippen LogP contribution in [0.1, 0.15) is 25.3 Å². The number of carbonyl (C=O) groups excluding carboxylic acids is 1. The van der Waals surface area contributed by atoms with Crippen LogP contribution in [0.5, 0.6) is 0 Å². The van der Waals surface area contributed by atoms with Gasteiger partial charge in [0.15, 0.2) is 0 Å². The van der Waals surface area contributed by atoms with Crippen LogP contribution in [0.25, 0.3) is 0 Å². The van der Waals surface area contributed by atoms with Gasteiger partial charge in [-0.2, -0.15) is 0 Å². The Bertz CT molecular complexity index is 491. The molecule has 6 heteroatoms. The number of halogens is 1. The molecular weight excluding hydrogens is 263 g/mol. The van der Waals surface area contributed by atoms with Gasteiger partial charge in [0.2, 0.25) is 0 Å². The van der Waals surface area contributed by atoms with Crippen molar-refractivity contribution in [3.63, 3.8) is 0 Å².